The van der Waals surface area contributed by atoms with Crippen molar-refractivity contribution in [1.82, 2.24) is 10.3 Å². The molecule has 0 aliphatic carbocycles. The molecule has 1 atom stereocenters. The van der Waals surface area contributed by atoms with Crippen LogP contribution in [0.3, 0.4) is 0 Å². The Morgan fingerprint density at radius 3 is 2.74 bits per heavy atom. The molecule has 1 aromatic carbocycles. The molecule has 6 nitrogen and oxygen atoms in total. The molecule has 0 bridgehead atoms. The molecule has 0 aliphatic rings. The van der Waals surface area contributed by atoms with Gasteiger partial charge in [0.2, 0.25) is 0 Å². The smallest absolute Gasteiger partial charge is 0.308 e. The van der Waals surface area contributed by atoms with Gasteiger partial charge in [-0.2, -0.15) is 0 Å². The fourth-order valence-electron chi connectivity index (χ4n) is 2.86. The number of fused-ring (bicyclic) bond motifs is 1. The van der Waals surface area contributed by atoms with Crippen LogP contribution in [-0.2, 0) is 9.53 Å². The van der Waals surface area contributed by atoms with Crippen LogP contribution in [0.15, 0.2) is 24.3 Å². The number of benzene rings is 1. The number of esters is 1. The first-order chi connectivity index (χ1) is 12.9. The normalized spacial score (nSPS) is 11.9. The lowest BCUT2D eigenvalue weighted by molar-refractivity contribution is -0.147. The molecule has 0 saturated heterocycles. The third-order valence-corrected chi connectivity index (χ3v) is 4.67. The predicted molar refractivity (Wildman–Crippen MR) is 111 cm³/mol. The van der Waals surface area contributed by atoms with E-state index in [1.165, 1.54) is 0 Å². The number of carbonyl (C=O) groups excluding carboxylic acids is 2. The number of hydrogen-bond acceptors (Lipinski definition) is 4. The first-order valence-electron chi connectivity index (χ1n) is 9.29. The van der Waals surface area contributed by atoms with Crippen molar-refractivity contribution in [2.24, 2.45) is 11.7 Å². The second kappa shape index (κ2) is 10.1. The average Bonchev–Trinajstić information content (AvgIpc) is 3.07. The minimum Gasteiger partial charge on any atom is -0.466 e. The maximum absolute atomic E-state index is 12.3. The van der Waals surface area contributed by atoms with Crippen LogP contribution in [-0.4, -0.2) is 35.0 Å². The molecule has 0 fully saturated rings. The van der Waals surface area contributed by atoms with Crippen LogP contribution in [0.5, 0.6) is 0 Å². The maximum Gasteiger partial charge on any atom is 0.308 e. The first kappa shape index (κ1) is 20.9. The summed E-state index contributed by atoms with van der Waals surface area (Å²) in [5.41, 5.74) is 7.81. The van der Waals surface area contributed by atoms with Gasteiger partial charge in [0.15, 0.2) is 0 Å². The second-order valence-corrected chi connectivity index (χ2v) is 7.05. The van der Waals surface area contributed by atoms with Crippen molar-refractivity contribution in [3.8, 4) is 0 Å². The number of aromatic amines is 1. The van der Waals surface area contributed by atoms with Gasteiger partial charge in [-0.05, 0) is 44.0 Å². The van der Waals surface area contributed by atoms with Gasteiger partial charge in [-0.25, -0.2) is 0 Å². The van der Waals surface area contributed by atoms with Crippen molar-refractivity contribution >= 4 is 40.0 Å². The molecule has 0 aliphatic heterocycles. The fourth-order valence-corrected chi connectivity index (χ4v) is 2.99. The van der Waals surface area contributed by atoms with E-state index in [2.05, 4.69) is 10.3 Å². The summed E-state index contributed by atoms with van der Waals surface area (Å²) in [6, 6.07) is 7.37. The van der Waals surface area contributed by atoms with Crippen molar-refractivity contribution in [1.29, 1.82) is 0 Å². The lowest BCUT2D eigenvalue weighted by atomic mass is 10.0. The summed E-state index contributed by atoms with van der Waals surface area (Å²) in [7, 11) is 0. The van der Waals surface area contributed by atoms with Crippen molar-refractivity contribution in [2.75, 3.05) is 13.2 Å². The number of amides is 1. The van der Waals surface area contributed by atoms with Gasteiger partial charge >= 0.3 is 5.97 Å². The number of nitrogens with one attached hydrogen (secondary N) is 2. The summed E-state index contributed by atoms with van der Waals surface area (Å²) < 4.78 is 4.99. The SMILES string of the molecule is CCOC(=O)C(C)CCCCCNC(=O)c1cc2cc(C(N)=S)ccc2[nH]1. The minimum atomic E-state index is -0.136. The number of H-pyrrole nitrogens is 1. The Kier molecular flexibility index (Phi) is 7.79. The number of ether oxygens (including phenoxy) is 1. The molecule has 27 heavy (non-hydrogen) atoms. The summed E-state index contributed by atoms with van der Waals surface area (Å²) in [4.78, 5) is 27.3. The van der Waals surface area contributed by atoms with E-state index in [-0.39, 0.29) is 17.8 Å². The highest BCUT2D eigenvalue weighted by atomic mass is 32.1. The Morgan fingerprint density at radius 2 is 2.04 bits per heavy atom. The van der Waals surface area contributed by atoms with Gasteiger partial charge in [-0.15, -0.1) is 0 Å². The number of unbranched alkanes of at least 4 members (excludes halogenated alkanes) is 2. The molecular formula is C20H27N3O3S. The highest BCUT2D eigenvalue weighted by Gasteiger charge is 2.13. The van der Waals surface area contributed by atoms with E-state index in [1.54, 1.807) is 6.07 Å². The first-order valence-corrected chi connectivity index (χ1v) is 9.70. The molecule has 1 heterocycles. The second-order valence-electron chi connectivity index (χ2n) is 6.61. The molecule has 1 unspecified atom stereocenters. The zero-order chi connectivity index (χ0) is 19.8. The van der Waals surface area contributed by atoms with Gasteiger partial charge in [0, 0.05) is 23.0 Å². The van der Waals surface area contributed by atoms with E-state index in [1.807, 2.05) is 32.0 Å². The topological polar surface area (TPSA) is 97.2 Å². The Morgan fingerprint density at radius 1 is 1.26 bits per heavy atom. The Labute approximate surface area is 164 Å². The largest absolute Gasteiger partial charge is 0.466 e. The van der Waals surface area contributed by atoms with Gasteiger partial charge in [0.1, 0.15) is 10.7 Å². The van der Waals surface area contributed by atoms with Crippen LogP contribution in [0.4, 0.5) is 0 Å². The molecule has 1 amide bonds. The van der Waals surface area contributed by atoms with Crippen molar-refractivity contribution in [3.63, 3.8) is 0 Å². The molecule has 1 aromatic heterocycles. The molecule has 7 heteroatoms. The predicted octanol–water partition coefficient (Wildman–Crippen LogP) is 3.29. The van der Waals surface area contributed by atoms with E-state index >= 15 is 0 Å². The van der Waals surface area contributed by atoms with Crippen LogP contribution >= 0.6 is 12.2 Å². The lowest BCUT2D eigenvalue weighted by Crippen LogP contribution is -2.24. The summed E-state index contributed by atoms with van der Waals surface area (Å²) >= 11 is 4.98. The van der Waals surface area contributed by atoms with Crippen LogP contribution in [0, 0.1) is 5.92 Å². The van der Waals surface area contributed by atoms with Crippen molar-refractivity contribution in [3.05, 3.63) is 35.5 Å². The summed E-state index contributed by atoms with van der Waals surface area (Å²) in [6.45, 7) is 4.72. The molecule has 2 aromatic rings. The van der Waals surface area contributed by atoms with Crippen LogP contribution in [0.1, 0.15) is 55.6 Å². The third-order valence-electron chi connectivity index (χ3n) is 4.44. The van der Waals surface area contributed by atoms with Crippen molar-refractivity contribution in [2.45, 2.75) is 39.5 Å². The highest BCUT2D eigenvalue weighted by Crippen LogP contribution is 2.17. The monoisotopic (exact) mass is 389 g/mol. The number of carbonyl (C=O) groups is 2. The average molecular weight is 390 g/mol. The van der Waals surface area contributed by atoms with Gasteiger partial charge < -0.3 is 20.8 Å². The summed E-state index contributed by atoms with van der Waals surface area (Å²) in [5, 5.41) is 3.82. The summed E-state index contributed by atoms with van der Waals surface area (Å²) in [6.07, 6.45) is 3.56. The standard InChI is InChI=1S/C20H27N3O3S/c1-3-26-20(25)13(2)7-5-4-6-10-22-19(24)17-12-15-11-14(18(21)27)8-9-16(15)23-17/h8-9,11-13,23H,3-7,10H2,1-2H3,(H2,21,27)(H,22,24). The zero-order valence-electron chi connectivity index (χ0n) is 15.8. The number of aromatic nitrogens is 1. The maximum atomic E-state index is 12.3. The van der Waals surface area contributed by atoms with Crippen LogP contribution in [0.25, 0.3) is 10.9 Å². The van der Waals surface area contributed by atoms with E-state index < -0.39 is 0 Å². The Balaban J connectivity index is 1.74. The van der Waals surface area contributed by atoms with Gasteiger partial charge in [0.25, 0.3) is 5.91 Å². The quantitative estimate of drug-likeness (QED) is 0.329. The zero-order valence-corrected chi connectivity index (χ0v) is 16.7. The van der Waals surface area contributed by atoms with Gasteiger partial charge in [-0.1, -0.05) is 32.0 Å². The van der Waals surface area contributed by atoms with Gasteiger partial charge in [0.05, 0.1) is 12.5 Å². The van der Waals surface area contributed by atoms with Crippen molar-refractivity contribution < 1.29 is 14.3 Å². The lowest BCUT2D eigenvalue weighted by Gasteiger charge is -2.10. The highest BCUT2D eigenvalue weighted by molar-refractivity contribution is 7.80. The van der Waals surface area contributed by atoms with E-state index in [4.69, 9.17) is 22.7 Å². The molecule has 0 spiro atoms. The Hall–Kier alpha value is -2.41. The molecular weight excluding hydrogens is 362 g/mol. The van der Waals surface area contributed by atoms with E-state index in [0.717, 1.165) is 42.1 Å². The molecule has 0 saturated carbocycles. The number of nitrogens with two attached hydrogens (primary N) is 1. The third kappa shape index (κ3) is 6.06. The molecule has 0 radical (unpaired) electrons. The molecule has 146 valence electrons. The van der Waals surface area contributed by atoms with E-state index in [0.29, 0.717) is 23.8 Å². The number of hydrogen-bond donors (Lipinski definition) is 3. The number of thiocarbonyl (C=S) groups is 1. The molecule has 4 N–H and O–H groups in total. The van der Waals surface area contributed by atoms with E-state index in [9.17, 15) is 9.59 Å². The van der Waals surface area contributed by atoms with Crippen LogP contribution in [0.2, 0.25) is 0 Å². The summed E-state index contributed by atoms with van der Waals surface area (Å²) in [5.74, 6) is -0.344. The molecule has 2 rings (SSSR count). The van der Waals surface area contributed by atoms with Crippen LogP contribution < -0.4 is 11.1 Å². The van der Waals surface area contributed by atoms with Gasteiger partial charge in [-0.3, -0.25) is 9.59 Å². The minimum absolute atomic E-state index is 0.0721. The fraction of sp³-hybridized carbons (Fsp3) is 0.450. The Bertz CT molecular complexity index is 816. The number of rotatable bonds is 10.